The predicted octanol–water partition coefficient (Wildman–Crippen LogP) is 4.70. The first-order valence-electron chi connectivity index (χ1n) is 13.0. The second-order valence-electron chi connectivity index (χ2n) is 10.4. The highest BCUT2D eigenvalue weighted by Gasteiger charge is 2.43. The molecule has 5 nitrogen and oxygen atoms in total. The summed E-state index contributed by atoms with van der Waals surface area (Å²) >= 11 is 0. The van der Waals surface area contributed by atoms with Crippen molar-refractivity contribution in [1.29, 1.82) is 0 Å². The van der Waals surface area contributed by atoms with Crippen molar-refractivity contribution in [3.8, 4) is 0 Å². The molecule has 1 heterocycles. The highest BCUT2D eigenvalue weighted by Crippen LogP contribution is 2.48. The van der Waals surface area contributed by atoms with Crippen molar-refractivity contribution in [2.24, 2.45) is 23.7 Å². The fourth-order valence-corrected chi connectivity index (χ4v) is 6.14. The Bertz CT molecular complexity index is 816. The molecule has 0 spiro atoms. The molecule has 3 N–H and O–H groups in total. The second-order valence-corrected chi connectivity index (χ2v) is 10.4. The zero-order chi connectivity index (χ0) is 23.0. The minimum Gasteiger partial charge on any atom is -0.392 e. The first-order valence-corrected chi connectivity index (χ1v) is 13.0. The van der Waals surface area contributed by atoms with E-state index in [2.05, 4.69) is 22.5 Å². The van der Waals surface area contributed by atoms with Crippen molar-refractivity contribution in [2.45, 2.75) is 89.4 Å². The molecule has 2 saturated carbocycles. The number of fused-ring (bicyclic) bond motifs is 1. The van der Waals surface area contributed by atoms with Gasteiger partial charge in [0.25, 0.3) is 0 Å². The van der Waals surface area contributed by atoms with Crippen molar-refractivity contribution in [3.05, 3.63) is 53.9 Å². The van der Waals surface area contributed by atoms with Crippen LogP contribution in [0.2, 0.25) is 0 Å². The number of unbranched alkanes of at least 4 members (excludes halogenated alkanes) is 1. The van der Waals surface area contributed by atoms with E-state index in [4.69, 9.17) is 0 Å². The quantitative estimate of drug-likeness (QED) is 0.336. The van der Waals surface area contributed by atoms with Crippen molar-refractivity contribution < 1.29 is 15.0 Å². The molecule has 4 rings (SSSR count). The Labute approximate surface area is 198 Å². The molecule has 1 amide bonds. The van der Waals surface area contributed by atoms with Gasteiger partial charge in [-0.05, 0) is 74.0 Å². The summed E-state index contributed by atoms with van der Waals surface area (Å²) in [6.45, 7) is 0.558. The van der Waals surface area contributed by atoms with Crippen LogP contribution in [0, 0.1) is 23.7 Å². The lowest BCUT2D eigenvalue weighted by atomic mass is 9.88. The first kappa shape index (κ1) is 24.2. The summed E-state index contributed by atoms with van der Waals surface area (Å²) in [5, 5.41) is 24.0. The van der Waals surface area contributed by atoms with E-state index < -0.39 is 0 Å². The van der Waals surface area contributed by atoms with Crippen molar-refractivity contribution >= 4 is 5.91 Å². The van der Waals surface area contributed by atoms with Crippen molar-refractivity contribution in [1.82, 2.24) is 10.3 Å². The number of aliphatic hydroxyl groups is 2. The van der Waals surface area contributed by atoms with Crippen LogP contribution in [0.25, 0.3) is 0 Å². The standard InChI is InChI=1S/C28H40N2O3/c31-24(16-20-5-1-2-6-20)9-10-25-26-17-22(15-23(26)18-27(25)32)7-3-4-8-28(33)30-19-21-11-13-29-14-12-21/h9-15,20,23-27,31-32H,1-8,16-19H2,(H,30,33)/b10-9+/t23-,24+,25+,26-,27+/m0/s1. The number of carbonyl (C=O) groups is 1. The molecule has 180 valence electrons. The van der Waals surface area contributed by atoms with Gasteiger partial charge < -0.3 is 15.5 Å². The normalized spacial score (nSPS) is 28.2. The number of allylic oxidation sites excluding steroid dienone is 2. The molecule has 0 radical (unpaired) electrons. The molecule has 0 bridgehead atoms. The Balaban J connectivity index is 1.14. The third kappa shape index (κ3) is 7.00. The minimum absolute atomic E-state index is 0.105. The fourth-order valence-electron chi connectivity index (χ4n) is 6.14. The molecule has 2 fully saturated rings. The zero-order valence-corrected chi connectivity index (χ0v) is 19.7. The van der Waals surface area contributed by atoms with Crippen LogP contribution in [0.3, 0.4) is 0 Å². The van der Waals surface area contributed by atoms with Crippen LogP contribution in [-0.2, 0) is 11.3 Å². The molecule has 0 aromatic carbocycles. The average Bonchev–Trinajstić information content (AvgIpc) is 3.52. The number of carbonyl (C=O) groups excluding carboxylic acids is 1. The van der Waals surface area contributed by atoms with Crippen LogP contribution < -0.4 is 5.32 Å². The number of hydrogen-bond donors (Lipinski definition) is 3. The van der Waals surface area contributed by atoms with Crippen LogP contribution in [0.4, 0.5) is 0 Å². The Morgan fingerprint density at radius 2 is 2.00 bits per heavy atom. The first-order chi connectivity index (χ1) is 16.1. The molecule has 0 saturated heterocycles. The van der Waals surface area contributed by atoms with E-state index in [0.717, 1.165) is 44.1 Å². The summed E-state index contributed by atoms with van der Waals surface area (Å²) < 4.78 is 0. The number of nitrogens with one attached hydrogen (secondary N) is 1. The summed E-state index contributed by atoms with van der Waals surface area (Å²) in [6.07, 6.45) is 20.6. The van der Waals surface area contributed by atoms with Gasteiger partial charge in [-0.1, -0.05) is 49.5 Å². The van der Waals surface area contributed by atoms with E-state index in [9.17, 15) is 15.0 Å². The summed E-state index contributed by atoms with van der Waals surface area (Å²) in [7, 11) is 0. The lowest BCUT2D eigenvalue weighted by Crippen LogP contribution is -2.22. The topological polar surface area (TPSA) is 82.5 Å². The maximum Gasteiger partial charge on any atom is 0.220 e. The second kappa shape index (κ2) is 11.9. The number of hydrogen-bond acceptors (Lipinski definition) is 4. The van der Waals surface area contributed by atoms with Crippen LogP contribution in [0.5, 0.6) is 0 Å². The summed E-state index contributed by atoms with van der Waals surface area (Å²) in [6, 6.07) is 3.83. The van der Waals surface area contributed by atoms with Gasteiger partial charge in [0, 0.05) is 31.3 Å². The molecule has 1 aromatic heterocycles. The van der Waals surface area contributed by atoms with Gasteiger partial charge >= 0.3 is 0 Å². The van der Waals surface area contributed by atoms with Gasteiger partial charge in [0.1, 0.15) is 0 Å². The van der Waals surface area contributed by atoms with Crippen LogP contribution in [-0.4, -0.2) is 33.3 Å². The summed E-state index contributed by atoms with van der Waals surface area (Å²) in [5.41, 5.74) is 2.55. The van der Waals surface area contributed by atoms with Gasteiger partial charge in [-0.15, -0.1) is 0 Å². The average molecular weight is 453 g/mol. The Morgan fingerprint density at radius 3 is 2.79 bits per heavy atom. The number of nitrogens with zero attached hydrogens (tertiary/aromatic N) is 1. The van der Waals surface area contributed by atoms with E-state index in [1.165, 1.54) is 31.3 Å². The van der Waals surface area contributed by atoms with Crippen molar-refractivity contribution in [3.63, 3.8) is 0 Å². The molecule has 1 aromatic rings. The monoisotopic (exact) mass is 452 g/mol. The van der Waals surface area contributed by atoms with E-state index in [1.807, 2.05) is 18.2 Å². The Hall–Kier alpha value is -1.98. The van der Waals surface area contributed by atoms with E-state index in [1.54, 1.807) is 12.4 Å². The minimum atomic E-state index is -0.377. The van der Waals surface area contributed by atoms with Crippen LogP contribution in [0.1, 0.15) is 76.2 Å². The molecule has 5 atom stereocenters. The predicted molar refractivity (Wildman–Crippen MR) is 130 cm³/mol. The molecule has 5 heteroatoms. The molecular weight excluding hydrogens is 412 g/mol. The molecule has 0 aliphatic heterocycles. The van der Waals surface area contributed by atoms with Gasteiger partial charge in [-0.25, -0.2) is 0 Å². The number of aromatic nitrogens is 1. The lowest BCUT2D eigenvalue weighted by molar-refractivity contribution is -0.121. The highest BCUT2D eigenvalue weighted by atomic mass is 16.3. The van der Waals surface area contributed by atoms with Crippen molar-refractivity contribution in [2.75, 3.05) is 0 Å². The molecule has 33 heavy (non-hydrogen) atoms. The largest absolute Gasteiger partial charge is 0.392 e. The molecular formula is C28H40N2O3. The Morgan fingerprint density at radius 1 is 1.21 bits per heavy atom. The van der Waals surface area contributed by atoms with Gasteiger partial charge in [-0.3, -0.25) is 9.78 Å². The third-order valence-corrected chi connectivity index (χ3v) is 7.95. The smallest absolute Gasteiger partial charge is 0.220 e. The van der Waals surface area contributed by atoms with Gasteiger partial charge in [0.15, 0.2) is 0 Å². The van der Waals surface area contributed by atoms with E-state index >= 15 is 0 Å². The SMILES string of the molecule is O=C(CCCCC1=C[C@H]2C[C@@H](O)[C@H](/C=C/[C@@H](O)CC3CCCC3)[C@H]2C1)NCc1ccncc1. The Kier molecular flexibility index (Phi) is 8.74. The van der Waals surface area contributed by atoms with Crippen LogP contribution in [0.15, 0.2) is 48.3 Å². The van der Waals surface area contributed by atoms with E-state index in [0.29, 0.717) is 30.7 Å². The maximum atomic E-state index is 12.1. The molecule has 0 unspecified atom stereocenters. The van der Waals surface area contributed by atoms with Gasteiger partial charge in [-0.2, -0.15) is 0 Å². The number of pyridine rings is 1. The third-order valence-electron chi connectivity index (χ3n) is 7.95. The molecule has 3 aliphatic rings. The van der Waals surface area contributed by atoms with Crippen LogP contribution >= 0.6 is 0 Å². The molecule has 3 aliphatic carbocycles. The fraction of sp³-hybridized carbons (Fsp3) is 0.643. The summed E-state index contributed by atoms with van der Waals surface area (Å²) in [4.78, 5) is 16.1. The summed E-state index contributed by atoms with van der Waals surface area (Å²) in [5.74, 6) is 1.85. The zero-order valence-electron chi connectivity index (χ0n) is 19.7. The van der Waals surface area contributed by atoms with Gasteiger partial charge in [0.2, 0.25) is 5.91 Å². The number of amides is 1. The number of aliphatic hydroxyl groups excluding tert-OH is 2. The lowest BCUT2D eigenvalue weighted by Gasteiger charge is -2.19. The highest BCUT2D eigenvalue weighted by molar-refractivity contribution is 5.75. The van der Waals surface area contributed by atoms with E-state index in [-0.39, 0.29) is 24.0 Å². The number of rotatable bonds is 11. The maximum absolute atomic E-state index is 12.1. The van der Waals surface area contributed by atoms with Gasteiger partial charge in [0.05, 0.1) is 12.2 Å².